The maximum atomic E-state index is 12.4. The molecule has 0 aromatic carbocycles. The Labute approximate surface area is 566 Å². The van der Waals surface area contributed by atoms with Gasteiger partial charge in [-0.3, -0.25) is 9.59 Å². The van der Waals surface area contributed by atoms with Gasteiger partial charge in [0.2, 0.25) is 0 Å². The first kappa shape index (κ1) is 87.3. The first-order chi connectivity index (χ1) is 45.1. The summed E-state index contributed by atoms with van der Waals surface area (Å²) in [6.07, 6.45) is 118. The first-order valence-electron chi connectivity index (χ1n) is 39.6. The van der Waals surface area contributed by atoms with Crippen molar-refractivity contribution in [2.75, 3.05) is 13.2 Å². The fraction of sp³-hybridized carbons (Fsp3) is 0.744. The van der Waals surface area contributed by atoms with E-state index in [1.807, 2.05) is 0 Å². The van der Waals surface area contributed by atoms with Gasteiger partial charge in [0.05, 0.1) is 6.61 Å². The number of carbonyl (C=O) groups is 2. The molecule has 1 unspecified atom stereocenters. The Bertz CT molecular complexity index is 1770. The SMILES string of the molecule is CC/C=C\C/C=C\C/C=C\C/C=C\C/C=C\C/C=C\C/C=C\C/C=C\C/C=C\C/C=C\CCCCCCCCCCC(=O)OC(CO)COC(=O)CCCCCCCCCCCCCCCCCCCCCCCCCCCCCCCCCCCCCCCC. The molecule has 5 nitrogen and oxygen atoms in total. The van der Waals surface area contributed by atoms with Crippen LogP contribution >= 0.6 is 0 Å². The fourth-order valence-corrected chi connectivity index (χ4v) is 11.6. The normalized spacial score (nSPS) is 12.9. The lowest BCUT2D eigenvalue weighted by Crippen LogP contribution is -2.28. The van der Waals surface area contributed by atoms with Gasteiger partial charge in [-0.2, -0.15) is 0 Å². The standard InChI is InChI=1S/C86H150O5/c1-3-5-7-9-11-13-15-17-19-21-23-25-27-29-31-33-35-37-39-41-43-45-47-49-51-53-55-57-59-61-63-65-67-69-71-73-75-77-79-81-86(89)91-84(82-87)83-90-85(88)80-78-76-74-72-70-68-66-64-62-60-58-56-54-52-50-48-46-44-42-40-38-36-34-32-30-28-26-24-22-20-18-16-14-12-10-8-6-4-2/h5,7,11,13,17,19,23,25,29,31,35,37,41,43,47,49,53,55,59,61,84,87H,3-4,6,8-10,12,14-16,18,20-22,24,26-28,30,32-34,36,38-40,42,44-46,48,50-52,54,56-58,60,62-83H2,1-2H3/b7-5-,13-11-,19-17-,25-23-,31-29-,37-35-,43-41-,49-47-,55-53-,61-59-. The first-order valence-corrected chi connectivity index (χ1v) is 39.6. The van der Waals surface area contributed by atoms with Gasteiger partial charge in [-0.15, -0.1) is 0 Å². The summed E-state index contributed by atoms with van der Waals surface area (Å²) in [6, 6.07) is 0. The minimum atomic E-state index is -0.785. The molecular weight excluding hydrogens is 1110 g/mol. The number of aliphatic hydroxyl groups excluding tert-OH is 1. The molecule has 0 fully saturated rings. The molecule has 0 rings (SSSR count). The van der Waals surface area contributed by atoms with Crippen LogP contribution in [0.5, 0.6) is 0 Å². The second-order valence-electron chi connectivity index (χ2n) is 26.4. The molecule has 91 heavy (non-hydrogen) atoms. The minimum absolute atomic E-state index is 0.0712. The highest BCUT2D eigenvalue weighted by Gasteiger charge is 2.16. The van der Waals surface area contributed by atoms with Crippen molar-refractivity contribution in [3.05, 3.63) is 122 Å². The molecule has 0 amide bonds. The number of hydrogen-bond donors (Lipinski definition) is 1. The van der Waals surface area contributed by atoms with Crippen LogP contribution in [-0.2, 0) is 19.1 Å². The molecule has 524 valence electrons. The quantitative estimate of drug-likeness (QED) is 0.0373. The molecule has 0 aromatic rings. The molecule has 0 aliphatic heterocycles. The molecule has 0 aliphatic rings. The maximum absolute atomic E-state index is 12.4. The van der Waals surface area contributed by atoms with Crippen LogP contribution < -0.4 is 0 Å². The molecule has 0 radical (unpaired) electrons. The highest BCUT2D eigenvalue weighted by Crippen LogP contribution is 2.19. The number of rotatable bonds is 73. The number of esters is 2. The van der Waals surface area contributed by atoms with Gasteiger partial charge >= 0.3 is 11.9 Å². The zero-order valence-electron chi connectivity index (χ0n) is 60.3. The average molecular weight is 1260 g/mol. The fourth-order valence-electron chi connectivity index (χ4n) is 11.6. The van der Waals surface area contributed by atoms with Crippen molar-refractivity contribution in [1.29, 1.82) is 0 Å². The molecule has 0 saturated heterocycles. The molecule has 0 aromatic heterocycles. The van der Waals surface area contributed by atoms with Gasteiger partial charge in [-0.05, 0) is 89.9 Å². The van der Waals surface area contributed by atoms with Crippen LogP contribution in [0.2, 0.25) is 0 Å². The lowest BCUT2D eigenvalue weighted by atomic mass is 10.0. The average Bonchev–Trinajstić information content (AvgIpc) is 3.67. The van der Waals surface area contributed by atoms with Gasteiger partial charge in [0.1, 0.15) is 6.61 Å². The van der Waals surface area contributed by atoms with E-state index in [0.717, 1.165) is 109 Å². The number of hydrogen-bond acceptors (Lipinski definition) is 5. The monoisotopic (exact) mass is 1260 g/mol. The highest BCUT2D eigenvalue weighted by molar-refractivity contribution is 5.70. The molecule has 5 heteroatoms. The zero-order valence-corrected chi connectivity index (χ0v) is 60.3. The molecule has 0 spiro atoms. The van der Waals surface area contributed by atoms with Crippen molar-refractivity contribution >= 4 is 11.9 Å². The smallest absolute Gasteiger partial charge is 0.306 e. The van der Waals surface area contributed by atoms with Gasteiger partial charge < -0.3 is 14.6 Å². The van der Waals surface area contributed by atoms with Crippen molar-refractivity contribution in [2.24, 2.45) is 0 Å². The lowest BCUT2D eigenvalue weighted by Gasteiger charge is -2.15. The van der Waals surface area contributed by atoms with Crippen LogP contribution in [0.4, 0.5) is 0 Å². The predicted molar refractivity (Wildman–Crippen MR) is 403 cm³/mol. The van der Waals surface area contributed by atoms with Gasteiger partial charge in [0.25, 0.3) is 0 Å². The van der Waals surface area contributed by atoms with Gasteiger partial charge in [-0.1, -0.05) is 411 Å². The van der Waals surface area contributed by atoms with Crippen LogP contribution in [0.3, 0.4) is 0 Å². The number of carbonyl (C=O) groups excluding carboxylic acids is 2. The van der Waals surface area contributed by atoms with E-state index in [1.54, 1.807) is 0 Å². The summed E-state index contributed by atoms with van der Waals surface area (Å²) >= 11 is 0. The van der Waals surface area contributed by atoms with E-state index >= 15 is 0 Å². The highest BCUT2D eigenvalue weighted by atomic mass is 16.6. The second kappa shape index (κ2) is 80.5. The van der Waals surface area contributed by atoms with Crippen molar-refractivity contribution < 1.29 is 24.2 Å². The Morgan fingerprint density at radius 2 is 0.473 bits per heavy atom. The van der Waals surface area contributed by atoms with Crippen molar-refractivity contribution in [3.63, 3.8) is 0 Å². The summed E-state index contributed by atoms with van der Waals surface area (Å²) in [5.41, 5.74) is 0. The van der Waals surface area contributed by atoms with Crippen molar-refractivity contribution in [3.8, 4) is 0 Å². The molecule has 0 bridgehead atoms. The van der Waals surface area contributed by atoms with E-state index in [-0.39, 0.29) is 25.2 Å². The minimum Gasteiger partial charge on any atom is -0.462 e. The van der Waals surface area contributed by atoms with E-state index < -0.39 is 6.10 Å². The zero-order chi connectivity index (χ0) is 65.4. The van der Waals surface area contributed by atoms with E-state index in [4.69, 9.17) is 9.47 Å². The topological polar surface area (TPSA) is 72.8 Å². The Morgan fingerprint density at radius 1 is 0.264 bits per heavy atom. The van der Waals surface area contributed by atoms with E-state index in [0.29, 0.717) is 12.8 Å². The number of allylic oxidation sites excluding steroid dienone is 20. The third-order valence-electron chi connectivity index (χ3n) is 17.5. The summed E-state index contributed by atoms with van der Waals surface area (Å²) in [5, 5.41) is 9.72. The lowest BCUT2D eigenvalue weighted by molar-refractivity contribution is -0.161. The van der Waals surface area contributed by atoms with Crippen molar-refractivity contribution in [2.45, 2.75) is 399 Å². The van der Waals surface area contributed by atoms with Crippen LogP contribution in [0, 0.1) is 0 Å². The number of aliphatic hydroxyl groups is 1. The Balaban J connectivity index is 3.48. The van der Waals surface area contributed by atoms with Crippen LogP contribution in [-0.4, -0.2) is 36.4 Å². The summed E-state index contributed by atoms with van der Waals surface area (Å²) in [5.74, 6) is -0.590. The maximum Gasteiger partial charge on any atom is 0.306 e. The molecule has 0 heterocycles. The molecule has 1 atom stereocenters. The van der Waals surface area contributed by atoms with Crippen molar-refractivity contribution in [1.82, 2.24) is 0 Å². The molecule has 0 aliphatic carbocycles. The van der Waals surface area contributed by atoms with Gasteiger partial charge in [0, 0.05) is 12.8 Å². The Kier molecular flexibility index (Phi) is 77.3. The Hall–Kier alpha value is -3.70. The van der Waals surface area contributed by atoms with E-state index in [1.165, 1.54) is 257 Å². The van der Waals surface area contributed by atoms with E-state index in [9.17, 15) is 14.7 Å². The van der Waals surface area contributed by atoms with Gasteiger partial charge in [0.15, 0.2) is 6.10 Å². The van der Waals surface area contributed by atoms with Crippen LogP contribution in [0.15, 0.2) is 122 Å². The number of unbranched alkanes of at least 4 members (excludes halogenated alkanes) is 45. The number of ether oxygens (including phenoxy) is 2. The third kappa shape index (κ3) is 78.7. The van der Waals surface area contributed by atoms with Crippen LogP contribution in [0.25, 0.3) is 0 Å². The summed E-state index contributed by atoms with van der Waals surface area (Å²) < 4.78 is 10.8. The third-order valence-corrected chi connectivity index (χ3v) is 17.5. The summed E-state index contributed by atoms with van der Waals surface area (Å²) in [7, 11) is 0. The molecular formula is C86H150O5. The van der Waals surface area contributed by atoms with Crippen LogP contribution in [0.1, 0.15) is 393 Å². The summed E-state index contributed by atoms with van der Waals surface area (Å²) in [4.78, 5) is 24.7. The van der Waals surface area contributed by atoms with Gasteiger partial charge in [-0.25, -0.2) is 0 Å². The molecule has 1 N–H and O–H groups in total. The molecule has 0 saturated carbocycles. The second-order valence-corrected chi connectivity index (χ2v) is 26.4. The largest absolute Gasteiger partial charge is 0.462 e. The Morgan fingerprint density at radius 3 is 0.714 bits per heavy atom. The van der Waals surface area contributed by atoms with E-state index in [2.05, 4.69) is 135 Å². The predicted octanol–water partition coefficient (Wildman–Crippen LogP) is 28.1. The summed E-state index contributed by atoms with van der Waals surface area (Å²) in [6.45, 7) is 4.06.